The highest BCUT2D eigenvalue weighted by Gasteiger charge is 2.26. The van der Waals surface area contributed by atoms with Gasteiger partial charge in [0.05, 0.1) is 12.8 Å². The Bertz CT molecular complexity index is 952. The third-order valence-corrected chi connectivity index (χ3v) is 4.40. The van der Waals surface area contributed by atoms with Gasteiger partial charge >= 0.3 is 0 Å². The van der Waals surface area contributed by atoms with Crippen molar-refractivity contribution in [3.8, 4) is 28.7 Å². The number of carbonyl (C=O) groups excluding carboxylic acids is 1. The number of aromatic hydroxyl groups is 1. The summed E-state index contributed by atoms with van der Waals surface area (Å²) in [5.41, 5.74) is 9.16. The monoisotopic (exact) mass is 384 g/mol. The first-order valence-electron chi connectivity index (χ1n) is 8.29. The Morgan fingerprint density at radius 1 is 1.46 bits per heavy atom. The van der Waals surface area contributed by atoms with Crippen molar-refractivity contribution in [2.45, 2.75) is 19.9 Å². The summed E-state index contributed by atoms with van der Waals surface area (Å²) < 4.78 is 5.17. The van der Waals surface area contributed by atoms with Gasteiger partial charge in [0.25, 0.3) is 6.47 Å². The smallest absolute Gasteiger partial charge is 0.290 e. The fourth-order valence-electron chi connectivity index (χ4n) is 3.11. The first-order valence-corrected chi connectivity index (χ1v) is 8.29. The van der Waals surface area contributed by atoms with Gasteiger partial charge < -0.3 is 25.6 Å². The number of fused-ring (bicyclic) bond motifs is 1. The number of amides is 1. The Kier molecular flexibility index (Phi) is 6.39. The summed E-state index contributed by atoms with van der Waals surface area (Å²) in [7, 11) is 1.46. The van der Waals surface area contributed by atoms with Crippen LogP contribution < -0.4 is 10.5 Å². The van der Waals surface area contributed by atoms with Crippen molar-refractivity contribution < 1.29 is 24.5 Å². The van der Waals surface area contributed by atoms with Gasteiger partial charge in [-0.3, -0.25) is 9.59 Å². The van der Waals surface area contributed by atoms with E-state index in [1.54, 1.807) is 17.0 Å². The van der Waals surface area contributed by atoms with Crippen LogP contribution in [0.5, 0.6) is 11.5 Å². The molecule has 1 aliphatic heterocycles. The lowest BCUT2D eigenvalue weighted by Gasteiger charge is -2.30. The van der Waals surface area contributed by atoms with Crippen LogP contribution in [0.2, 0.25) is 0 Å². The number of aromatic nitrogens is 1. The maximum absolute atomic E-state index is 11.8. The zero-order valence-corrected chi connectivity index (χ0v) is 15.5. The molecular weight excluding hydrogens is 364 g/mol. The lowest BCUT2D eigenvalue weighted by molar-refractivity contribution is -0.129. The lowest BCUT2D eigenvalue weighted by atomic mass is 9.91. The molecular formula is C19H20N4O5. The number of phenolic OH excluding ortho intramolecular Hbond substituents is 1. The van der Waals surface area contributed by atoms with Crippen molar-refractivity contribution in [2.24, 2.45) is 0 Å². The summed E-state index contributed by atoms with van der Waals surface area (Å²) in [6, 6.07) is 6.96. The molecule has 0 saturated carbocycles. The molecule has 1 aromatic carbocycles. The fraction of sp³-hybridized carbons (Fsp3) is 0.263. The van der Waals surface area contributed by atoms with Crippen LogP contribution in [0.25, 0.3) is 11.1 Å². The molecule has 0 bridgehead atoms. The number of carboxylic acid groups (broad SMARTS) is 1. The number of phenols is 1. The predicted octanol–water partition coefficient (Wildman–Crippen LogP) is 1.52. The number of anilines is 1. The number of pyridine rings is 1. The molecule has 4 N–H and O–H groups in total. The van der Waals surface area contributed by atoms with E-state index in [1.807, 2.05) is 0 Å². The molecule has 0 aliphatic carbocycles. The van der Waals surface area contributed by atoms with Crippen LogP contribution in [0.4, 0.5) is 5.82 Å². The molecule has 146 valence electrons. The third kappa shape index (κ3) is 3.96. The summed E-state index contributed by atoms with van der Waals surface area (Å²) in [5, 5.41) is 26.3. The van der Waals surface area contributed by atoms with E-state index in [4.69, 9.17) is 20.4 Å². The molecule has 0 spiro atoms. The van der Waals surface area contributed by atoms with Gasteiger partial charge in [0.2, 0.25) is 5.91 Å². The van der Waals surface area contributed by atoms with E-state index < -0.39 is 0 Å². The number of hydrogen-bond donors (Lipinski definition) is 3. The molecule has 2 heterocycles. The van der Waals surface area contributed by atoms with E-state index in [-0.39, 0.29) is 29.5 Å². The summed E-state index contributed by atoms with van der Waals surface area (Å²) >= 11 is 0. The number of carbonyl (C=O) groups is 2. The van der Waals surface area contributed by atoms with Gasteiger partial charge in [0, 0.05) is 37.6 Å². The zero-order chi connectivity index (χ0) is 20.8. The van der Waals surface area contributed by atoms with E-state index in [1.165, 1.54) is 20.1 Å². The largest absolute Gasteiger partial charge is 0.504 e. The average Bonchev–Trinajstić information content (AvgIpc) is 2.67. The molecule has 0 fully saturated rings. The third-order valence-electron chi connectivity index (χ3n) is 4.40. The fourth-order valence-corrected chi connectivity index (χ4v) is 3.11. The number of rotatable bonds is 2. The van der Waals surface area contributed by atoms with Gasteiger partial charge in [0.15, 0.2) is 11.5 Å². The maximum Gasteiger partial charge on any atom is 0.290 e. The molecule has 0 atom stereocenters. The first-order chi connectivity index (χ1) is 13.4. The Labute approximate surface area is 161 Å². The molecule has 2 aromatic rings. The maximum atomic E-state index is 11.8. The minimum Gasteiger partial charge on any atom is -0.504 e. The van der Waals surface area contributed by atoms with Gasteiger partial charge in [0.1, 0.15) is 17.5 Å². The highest BCUT2D eigenvalue weighted by atomic mass is 16.5. The van der Waals surface area contributed by atoms with Gasteiger partial charge in [-0.2, -0.15) is 5.26 Å². The summed E-state index contributed by atoms with van der Waals surface area (Å²) in [5.74, 6) is 0.436. The molecule has 1 aromatic heterocycles. The van der Waals surface area contributed by atoms with Gasteiger partial charge in [-0.25, -0.2) is 4.98 Å². The SMILES string of the molecule is COc1cc(-c2c(C#N)c(N)nc3c2CN(C(C)=O)CC3)ccc1O.O=CO. The van der Waals surface area contributed by atoms with Crippen molar-refractivity contribution >= 4 is 18.2 Å². The lowest BCUT2D eigenvalue weighted by Crippen LogP contribution is -2.35. The van der Waals surface area contributed by atoms with E-state index in [0.717, 1.165) is 11.3 Å². The second-order valence-corrected chi connectivity index (χ2v) is 5.97. The number of nitrogen functional groups attached to an aromatic ring is 1. The minimum atomic E-state index is -0.250. The van der Waals surface area contributed by atoms with E-state index in [0.29, 0.717) is 36.4 Å². The van der Waals surface area contributed by atoms with Crippen LogP contribution >= 0.6 is 0 Å². The molecule has 1 aliphatic rings. The second-order valence-electron chi connectivity index (χ2n) is 5.97. The minimum absolute atomic E-state index is 0.00557. The molecule has 9 heteroatoms. The van der Waals surface area contributed by atoms with Crippen LogP contribution in [0.15, 0.2) is 18.2 Å². The van der Waals surface area contributed by atoms with E-state index in [9.17, 15) is 15.2 Å². The molecule has 1 amide bonds. The molecule has 3 rings (SSSR count). The Morgan fingerprint density at radius 3 is 2.71 bits per heavy atom. The summed E-state index contributed by atoms with van der Waals surface area (Å²) in [6.45, 7) is 2.20. The number of ether oxygens (including phenoxy) is 1. The highest BCUT2D eigenvalue weighted by molar-refractivity contribution is 5.81. The number of hydrogen-bond acceptors (Lipinski definition) is 7. The average molecular weight is 384 g/mol. The topological polar surface area (TPSA) is 150 Å². The van der Waals surface area contributed by atoms with E-state index >= 15 is 0 Å². The number of methoxy groups -OCH3 is 1. The van der Waals surface area contributed by atoms with Gasteiger partial charge in [-0.1, -0.05) is 6.07 Å². The van der Waals surface area contributed by atoms with Crippen molar-refractivity contribution in [1.82, 2.24) is 9.88 Å². The summed E-state index contributed by atoms with van der Waals surface area (Å²) in [4.78, 5) is 26.2. The van der Waals surface area contributed by atoms with Crippen molar-refractivity contribution in [2.75, 3.05) is 19.4 Å². The molecule has 9 nitrogen and oxygen atoms in total. The van der Waals surface area contributed by atoms with Crippen LogP contribution in [0.3, 0.4) is 0 Å². The van der Waals surface area contributed by atoms with Crippen molar-refractivity contribution in [1.29, 1.82) is 5.26 Å². The van der Waals surface area contributed by atoms with Gasteiger partial charge in [-0.05, 0) is 17.7 Å². The molecule has 28 heavy (non-hydrogen) atoms. The zero-order valence-electron chi connectivity index (χ0n) is 15.5. The summed E-state index contributed by atoms with van der Waals surface area (Å²) in [6.07, 6.45) is 0.576. The number of nitrogens with zero attached hydrogens (tertiary/aromatic N) is 3. The quantitative estimate of drug-likeness (QED) is 0.660. The van der Waals surface area contributed by atoms with Crippen LogP contribution in [-0.4, -0.2) is 46.1 Å². The number of nitriles is 1. The molecule has 0 saturated heterocycles. The number of benzene rings is 1. The molecule has 0 radical (unpaired) electrons. The van der Waals surface area contributed by atoms with E-state index in [2.05, 4.69) is 11.1 Å². The standard InChI is InChI=1S/C18H18N4O3.CH2O2/c1-10(23)22-6-5-14-13(9-22)17(12(8-19)18(20)21-14)11-3-4-15(24)16(7-11)25-2;2-1-3/h3-4,7,24H,5-6,9H2,1-2H3,(H2,20,21);1H,(H,2,3). The molecule has 0 unspecified atom stereocenters. The normalized spacial score (nSPS) is 12.1. The number of nitrogens with two attached hydrogens (primary N) is 1. The Morgan fingerprint density at radius 2 is 2.14 bits per heavy atom. The van der Waals surface area contributed by atoms with Gasteiger partial charge in [-0.15, -0.1) is 0 Å². The van der Waals surface area contributed by atoms with Crippen LogP contribution in [-0.2, 0) is 22.6 Å². The predicted molar refractivity (Wildman–Crippen MR) is 101 cm³/mol. The Balaban J connectivity index is 0.000000878. The van der Waals surface area contributed by atoms with Crippen LogP contribution in [0.1, 0.15) is 23.7 Å². The van der Waals surface area contributed by atoms with Crippen molar-refractivity contribution in [3.05, 3.63) is 35.0 Å². The van der Waals surface area contributed by atoms with Crippen molar-refractivity contribution in [3.63, 3.8) is 0 Å². The first kappa shape index (κ1) is 20.5. The Hall–Kier alpha value is -3.80. The van der Waals surface area contributed by atoms with Crippen LogP contribution in [0, 0.1) is 11.3 Å². The second kappa shape index (κ2) is 8.73. The highest BCUT2D eigenvalue weighted by Crippen LogP contribution is 2.38.